The first-order chi connectivity index (χ1) is 9.45. The van der Waals surface area contributed by atoms with Gasteiger partial charge in [0.1, 0.15) is 0 Å². The average molecular weight is 291 g/mol. The molecule has 1 N–H and O–H groups in total. The lowest BCUT2D eigenvalue weighted by atomic mass is 10.1. The fourth-order valence-electron chi connectivity index (χ4n) is 3.14. The molecular formula is C16H19ClN2O. The first-order valence-corrected chi connectivity index (χ1v) is 7.35. The molecule has 1 aromatic carbocycles. The number of β-amino-alcohol motifs (C(OH)–C–C–N with tert-alkyl or cyclic N) is 1. The standard InChI is InChI=1S/C16H19ClN2O/c1-9-4-12(17)7-14-15(5-10(2)18-16(9)14)19-8-13(20)6-11(19)3/h4-5,7,11,13,20H,6,8H2,1-3H3/t11-,13-/m1/s1. The van der Waals surface area contributed by atoms with Crippen LogP contribution in [0.25, 0.3) is 10.9 Å². The maximum absolute atomic E-state index is 9.90. The molecule has 0 saturated carbocycles. The van der Waals surface area contributed by atoms with Crippen molar-refractivity contribution in [2.75, 3.05) is 11.4 Å². The largest absolute Gasteiger partial charge is 0.391 e. The normalized spacial score (nSPS) is 22.8. The number of rotatable bonds is 1. The number of fused-ring (bicyclic) bond motifs is 1. The van der Waals surface area contributed by atoms with Crippen LogP contribution in [-0.2, 0) is 0 Å². The first-order valence-electron chi connectivity index (χ1n) is 6.98. The first kappa shape index (κ1) is 13.7. The molecule has 1 fully saturated rings. The SMILES string of the molecule is Cc1cc(N2C[C@H](O)C[C@H]2C)c2cc(Cl)cc(C)c2n1. The van der Waals surface area contributed by atoms with E-state index >= 15 is 0 Å². The van der Waals surface area contributed by atoms with Gasteiger partial charge in [0, 0.05) is 34.4 Å². The highest BCUT2D eigenvalue weighted by molar-refractivity contribution is 6.31. The number of benzene rings is 1. The monoisotopic (exact) mass is 290 g/mol. The van der Waals surface area contributed by atoms with Gasteiger partial charge in [-0.2, -0.15) is 0 Å². The minimum Gasteiger partial charge on any atom is -0.391 e. The topological polar surface area (TPSA) is 36.4 Å². The molecule has 20 heavy (non-hydrogen) atoms. The van der Waals surface area contributed by atoms with Crippen LogP contribution < -0.4 is 4.90 Å². The van der Waals surface area contributed by atoms with Crippen LogP contribution in [0.3, 0.4) is 0 Å². The van der Waals surface area contributed by atoms with Gasteiger partial charge in [0.25, 0.3) is 0 Å². The Kier molecular flexibility index (Phi) is 3.35. The molecule has 3 rings (SSSR count). The summed E-state index contributed by atoms with van der Waals surface area (Å²) < 4.78 is 0. The van der Waals surface area contributed by atoms with E-state index < -0.39 is 0 Å². The zero-order chi connectivity index (χ0) is 14.4. The summed E-state index contributed by atoms with van der Waals surface area (Å²) in [6.45, 7) is 6.86. The number of halogens is 1. The van der Waals surface area contributed by atoms with Crippen LogP contribution in [0, 0.1) is 13.8 Å². The number of hydrogen-bond donors (Lipinski definition) is 1. The number of aromatic nitrogens is 1. The van der Waals surface area contributed by atoms with E-state index in [2.05, 4.69) is 22.9 Å². The molecule has 4 heteroatoms. The van der Waals surface area contributed by atoms with Crippen molar-refractivity contribution in [1.29, 1.82) is 0 Å². The second-order valence-electron chi connectivity index (χ2n) is 5.79. The fourth-order valence-corrected chi connectivity index (χ4v) is 3.41. The summed E-state index contributed by atoms with van der Waals surface area (Å²) in [5.74, 6) is 0. The molecule has 0 aliphatic carbocycles. The summed E-state index contributed by atoms with van der Waals surface area (Å²) in [6.07, 6.45) is 0.552. The molecule has 3 nitrogen and oxygen atoms in total. The van der Waals surface area contributed by atoms with Gasteiger partial charge < -0.3 is 10.0 Å². The van der Waals surface area contributed by atoms with Gasteiger partial charge in [-0.25, -0.2) is 0 Å². The number of aliphatic hydroxyl groups excluding tert-OH is 1. The number of pyridine rings is 1. The molecular weight excluding hydrogens is 272 g/mol. The molecule has 2 heterocycles. The van der Waals surface area contributed by atoms with Crippen LogP contribution >= 0.6 is 11.6 Å². The van der Waals surface area contributed by atoms with E-state index in [0.29, 0.717) is 12.6 Å². The van der Waals surface area contributed by atoms with Gasteiger partial charge in [0.15, 0.2) is 0 Å². The minimum atomic E-state index is -0.256. The van der Waals surface area contributed by atoms with Crippen molar-refractivity contribution < 1.29 is 5.11 Å². The van der Waals surface area contributed by atoms with Gasteiger partial charge in [-0.3, -0.25) is 4.98 Å². The summed E-state index contributed by atoms with van der Waals surface area (Å²) in [4.78, 5) is 6.91. The average Bonchev–Trinajstić information content (AvgIpc) is 2.68. The maximum Gasteiger partial charge on any atom is 0.0756 e. The molecule has 1 saturated heterocycles. The molecule has 1 aromatic heterocycles. The van der Waals surface area contributed by atoms with Crippen LogP contribution in [-0.4, -0.2) is 28.8 Å². The van der Waals surface area contributed by atoms with Gasteiger partial charge in [-0.15, -0.1) is 0 Å². The summed E-state index contributed by atoms with van der Waals surface area (Å²) in [5, 5.41) is 11.7. The Hall–Kier alpha value is -1.32. The Morgan fingerprint density at radius 3 is 2.70 bits per heavy atom. The van der Waals surface area contributed by atoms with E-state index in [1.54, 1.807) is 0 Å². The molecule has 0 radical (unpaired) electrons. The molecule has 0 bridgehead atoms. The van der Waals surface area contributed by atoms with Gasteiger partial charge in [-0.05, 0) is 51.0 Å². The minimum absolute atomic E-state index is 0.256. The predicted octanol–water partition coefficient (Wildman–Crippen LogP) is 3.46. The lowest BCUT2D eigenvalue weighted by molar-refractivity contribution is 0.195. The van der Waals surface area contributed by atoms with Crippen LogP contribution in [0.5, 0.6) is 0 Å². The highest BCUT2D eigenvalue weighted by atomic mass is 35.5. The zero-order valence-corrected chi connectivity index (χ0v) is 12.8. The Labute approximate surface area is 124 Å². The number of anilines is 1. The van der Waals surface area contributed by atoms with E-state index in [9.17, 15) is 5.11 Å². The predicted molar refractivity (Wildman–Crippen MR) is 83.7 cm³/mol. The lowest BCUT2D eigenvalue weighted by Gasteiger charge is -2.25. The highest BCUT2D eigenvalue weighted by Crippen LogP contribution is 2.35. The molecule has 0 spiro atoms. The summed E-state index contributed by atoms with van der Waals surface area (Å²) in [7, 11) is 0. The molecule has 1 aliphatic heterocycles. The Balaban J connectivity index is 2.24. The zero-order valence-electron chi connectivity index (χ0n) is 12.0. The van der Waals surface area contributed by atoms with Crippen LogP contribution in [0.2, 0.25) is 5.02 Å². The van der Waals surface area contributed by atoms with Crippen molar-refractivity contribution in [3.05, 3.63) is 34.5 Å². The van der Waals surface area contributed by atoms with Crippen LogP contribution in [0.4, 0.5) is 5.69 Å². The summed E-state index contributed by atoms with van der Waals surface area (Å²) >= 11 is 6.21. The third-order valence-electron chi connectivity index (χ3n) is 4.04. The maximum atomic E-state index is 9.90. The Morgan fingerprint density at radius 2 is 2.05 bits per heavy atom. The molecule has 0 unspecified atom stereocenters. The Morgan fingerprint density at radius 1 is 1.30 bits per heavy atom. The van der Waals surface area contributed by atoms with Crippen molar-refractivity contribution >= 4 is 28.2 Å². The molecule has 2 aromatic rings. The molecule has 2 atom stereocenters. The fraction of sp³-hybridized carbons (Fsp3) is 0.438. The summed E-state index contributed by atoms with van der Waals surface area (Å²) in [5.41, 5.74) is 4.21. The van der Waals surface area contributed by atoms with Crippen molar-refractivity contribution in [1.82, 2.24) is 4.98 Å². The second-order valence-corrected chi connectivity index (χ2v) is 6.23. The van der Waals surface area contributed by atoms with Crippen LogP contribution in [0.1, 0.15) is 24.6 Å². The van der Waals surface area contributed by atoms with Gasteiger partial charge in [-0.1, -0.05) is 11.6 Å². The van der Waals surface area contributed by atoms with E-state index in [1.165, 1.54) is 0 Å². The molecule has 0 amide bonds. The second kappa shape index (κ2) is 4.90. The van der Waals surface area contributed by atoms with Crippen LogP contribution in [0.15, 0.2) is 18.2 Å². The van der Waals surface area contributed by atoms with Crippen molar-refractivity contribution in [2.24, 2.45) is 0 Å². The van der Waals surface area contributed by atoms with Gasteiger partial charge in [0.2, 0.25) is 0 Å². The quantitative estimate of drug-likeness (QED) is 0.874. The third kappa shape index (κ3) is 2.25. The van der Waals surface area contributed by atoms with Gasteiger partial charge in [0.05, 0.1) is 11.6 Å². The van der Waals surface area contributed by atoms with Crippen molar-refractivity contribution in [3.63, 3.8) is 0 Å². The van der Waals surface area contributed by atoms with E-state index in [0.717, 1.165) is 39.3 Å². The van der Waals surface area contributed by atoms with E-state index in [-0.39, 0.29) is 6.10 Å². The number of aliphatic hydroxyl groups is 1. The highest BCUT2D eigenvalue weighted by Gasteiger charge is 2.29. The number of hydrogen-bond acceptors (Lipinski definition) is 3. The third-order valence-corrected chi connectivity index (χ3v) is 4.26. The smallest absolute Gasteiger partial charge is 0.0756 e. The lowest BCUT2D eigenvalue weighted by Crippen LogP contribution is -2.27. The molecule has 1 aliphatic rings. The van der Waals surface area contributed by atoms with E-state index in [4.69, 9.17) is 11.6 Å². The number of nitrogens with zero attached hydrogens (tertiary/aromatic N) is 2. The van der Waals surface area contributed by atoms with Crippen molar-refractivity contribution in [2.45, 2.75) is 39.3 Å². The number of aryl methyl sites for hydroxylation is 2. The summed E-state index contributed by atoms with van der Waals surface area (Å²) in [6, 6.07) is 6.34. The molecule has 106 valence electrons. The van der Waals surface area contributed by atoms with Crippen molar-refractivity contribution in [3.8, 4) is 0 Å². The Bertz CT molecular complexity index is 671. The van der Waals surface area contributed by atoms with Gasteiger partial charge >= 0.3 is 0 Å². The van der Waals surface area contributed by atoms with E-state index in [1.807, 2.05) is 26.0 Å².